The van der Waals surface area contributed by atoms with Gasteiger partial charge in [0.25, 0.3) is 0 Å². The summed E-state index contributed by atoms with van der Waals surface area (Å²) < 4.78 is 4.87. The van der Waals surface area contributed by atoms with E-state index in [1.165, 1.54) is 52.1 Å². The van der Waals surface area contributed by atoms with Crippen molar-refractivity contribution in [1.82, 2.24) is 0 Å². The molecule has 4 aliphatic carbocycles. The van der Waals surface area contributed by atoms with E-state index in [0.29, 0.717) is 53.1 Å². The minimum atomic E-state index is -0.0896. The highest BCUT2D eigenvalue weighted by molar-refractivity contribution is 5.83. The van der Waals surface area contributed by atoms with Crippen molar-refractivity contribution < 1.29 is 14.3 Å². The van der Waals surface area contributed by atoms with Gasteiger partial charge in [-0.1, -0.05) is 34.1 Å². The summed E-state index contributed by atoms with van der Waals surface area (Å²) in [6.45, 7) is 9.74. The Morgan fingerprint density at radius 3 is 2.52 bits per heavy atom. The third-order valence-electron chi connectivity index (χ3n) is 10.5. The zero-order chi connectivity index (χ0) is 21.0. The predicted octanol–water partition coefficient (Wildman–Crippen LogP) is 6.05. The van der Waals surface area contributed by atoms with Crippen LogP contribution in [0.4, 0.5) is 0 Å². The summed E-state index contributed by atoms with van der Waals surface area (Å²) in [5.74, 6) is 4.58. The Morgan fingerprint density at radius 1 is 1.10 bits per heavy atom. The molecular formula is C26H42O3. The number of rotatable bonds is 4. The molecule has 3 nitrogen and oxygen atoms in total. The molecule has 0 aliphatic heterocycles. The van der Waals surface area contributed by atoms with Crippen molar-refractivity contribution in [2.24, 2.45) is 52.3 Å². The Kier molecular flexibility index (Phi) is 5.66. The van der Waals surface area contributed by atoms with Crippen LogP contribution in [0.25, 0.3) is 0 Å². The summed E-state index contributed by atoms with van der Waals surface area (Å²) in [4.78, 5) is 25.1. The summed E-state index contributed by atoms with van der Waals surface area (Å²) >= 11 is 0. The maximum atomic E-state index is 13.5. The summed E-state index contributed by atoms with van der Waals surface area (Å²) in [6, 6.07) is 0. The zero-order valence-corrected chi connectivity index (χ0v) is 19.3. The van der Waals surface area contributed by atoms with Crippen LogP contribution in [0.15, 0.2) is 0 Å². The fraction of sp³-hybridized carbons (Fsp3) is 0.923. The first-order valence-electron chi connectivity index (χ1n) is 12.3. The molecule has 0 spiro atoms. The van der Waals surface area contributed by atoms with Crippen molar-refractivity contribution in [1.29, 1.82) is 0 Å². The average molecular weight is 403 g/mol. The topological polar surface area (TPSA) is 43.4 Å². The molecule has 0 N–H and O–H groups in total. The van der Waals surface area contributed by atoms with Gasteiger partial charge in [-0.2, -0.15) is 0 Å². The second-order valence-electron chi connectivity index (χ2n) is 11.8. The Hall–Kier alpha value is -0.860. The van der Waals surface area contributed by atoms with E-state index in [9.17, 15) is 9.59 Å². The van der Waals surface area contributed by atoms with E-state index in [2.05, 4.69) is 27.7 Å². The molecule has 4 saturated carbocycles. The number of fused-ring (bicyclic) bond motifs is 5. The van der Waals surface area contributed by atoms with Crippen molar-refractivity contribution in [3.05, 3.63) is 0 Å². The van der Waals surface area contributed by atoms with Crippen molar-refractivity contribution in [2.45, 2.75) is 91.9 Å². The second-order valence-corrected chi connectivity index (χ2v) is 11.8. The first-order valence-corrected chi connectivity index (χ1v) is 12.3. The standard InChI is InChI=1S/C26H42O3/c1-16-10-12-25(3)18(14-16)15-22(27)24-20-8-7-19(17(2)6-9-23(28)29-5)26(20,4)13-11-21(24)25/h16-21,24H,6-15H2,1-5H3/t16-,17?,18?,19?,20?,21+,24?,25?,26?/m1/s1. The molecule has 0 heterocycles. The van der Waals surface area contributed by atoms with Gasteiger partial charge in [0, 0.05) is 18.8 Å². The Balaban J connectivity index is 1.53. The lowest BCUT2D eigenvalue weighted by Gasteiger charge is -2.60. The smallest absolute Gasteiger partial charge is 0.305 e. The number of carbonyl (C=O) groups excluding carboxylic acids is 2. The van der Waals surface area contributed by atoms with E-state index >= 15 is 0 Å². The molecule has 3 heteroatoms. The van der Waals surface area contributed by atoms with Gasteiger partial charge >= 0.3 is 5.97 Å². The third kappa shape index (κ3) is 3.39. The van der Waals surface area contributed by atoms with Crippen molar-refractivity contribution >= 4 is 11.8 Å². The van der Waals surface area contributed by atoms with E-state index in [1.807, 2.05) is 0 Å². The van der Waals surface area contributed by atoms with Crippen molar-refractivity contribution in [3.8, 4) is 0 Å². The van der Waals surface area contributed by atoms with Gasteiger partial charge in [-0.3, -0.25) is 9.59 Å². The maximum absolute atomic E-state index is 13.5. The first-order chi connectivity index (χ1) is 13.7. The maximum Gasteiger partial charge on any atom is 0.305 e. The van der Waals surface area contributed by atoms with E-state index in [1.54, 1.807) is 0 Å². The molecule has 9 atom stereocenters. The van der Waals surface area contributed by atoms with Crippen LogP contribution in [0.1, 0.15) is 91.9 Å². The van der Waals surface area contributed by atoms with Gasteiger partial charge in [0.1, 0.15) is 5.78 Å². The third-order valence-corrected chi connectivity index (χ3v) is 10.5. The van der Waals surface area contributed by atoms with E-state index < -0.39 is 0 Å². The Labute approximate surface area is 177 Å². The molecule has 29 heavy (non-hydrogen) atoms. The number of methoxy groups -OCH3 is 1. The van der Waals surface area contributed by atoms with Crippen LogP contribution in [0.2, 0.25) is 0 Å². The Morgan fingerprint density at radius 2 is 1.79 bits per heavy atom. The molecule has 0 radical (unpaired) electrons. The van der Waals surface area contributed by atoms with Crippen LogP contribution in [0, 0.1) is 52.3 Å². The zero-order valence-electron chi connectivity index (χ0n) is 19.3. The molecule has 4 rings (SSSR count). The van der Waals surface area contributed by atoms with Gasteiger partial charge < -0.3 is 4.74 Å². The number of ketones is 1. The van der Waals surface area contributed by atoms with Gasteiger partial charge in [0.2, 0.25) is 0 Å². The van der Waals surface area contributed by atoms with Gasteiger partial charge in [0.15, 0.2) is 0 Å². The molecule has 0 aromatic rings. The highest BCUT2D eigenvalue weighted by Crippen LogP contribution is 2.67. The lowest BCUT2D eigenvalue weighted by atomic mass is 9.43. The largest absolute Gasteiger partial charge is 0.469 e. The lowest BCUT2D eigenvalue weighted by molar-refractivity contribution is -0.158. The van der Waals surface area contributed by atoms with Gasteiger partial charge in [-0.25, -0.2) is 0 Å². The molecular weight excluding hydrogens is 360 g/mol. The molecule has 4 aliphatic rings. The fourth-order valence-electron chi connectivity index (χ4n) is 8.77. The highest BCUT2D eigenvalue weighted by Gasteiger charge is 2.62. The molecule has 0 aromatic heterocycles. The van der Waals surface area contributed by atoms with Crippen LogP contribution in [-0.2, 0) is 14.3 Å². The van der Waals surface area contributed by atoms with E-state index in [0.717, 1.165) is 18.8 Å². The molecule has 0 bridgehead atoms. The van der Waals surface area contributed by atoms with Gasteiger partial charge in [0.05, 0.1) is 7.11 Å². The number of hydrogen-bond acceptors (Lipinski definition) is 3. The molecule has 0 saturated heterocycles. The monoisotopic (exact) mass is 402 g/mol. The summed E-state index contributed by atoms with van der Waals surface area (Å²) in [5, 5.41) is 0. The van der Waals surface area contributed by atoms with Crippen LogP contribution < -0.4 is 0 Å². The first kappa shape index (κ1) is 21.4. The number of ether oxygens (including phenoxy) is 1. The SMILES string of the molecule is COC(=O)CCC(C)C1CCC2C3C(=O)CC4C[C@H](C)CCC4(C)[C@H]3CCC12C. The van der Waals surface area contributed by atoms with E-state index in [-0.39, 0.29) is 11.4 Å². The Bertz CT molecular complexity index is 656. The second kappa shape index (κ2) is 7.68. The average Bonchev–Trinajstić information content (AvgIpc) is 3.04. The normalized spacial score (nSPS) is 47.7. The minimum Gasteiger partial charge on any atom is -0.469 e. The number of esters is 1. The number of hydrogen-bond donors (Lipinski definition) is 0. The molecule has 0 aromatic carbocycles. The van der Waals surface area contributed by atoms with Crippen LogP contribution in [-0.4, -0.2) is 18.9 Å². The van der Waals surface area contributed by atoms with E-state index in [4.69, 9.17) is 4.74 Å². The van der Waals surface area contributed by atoms with Gasteiger partial charge in [-0.15, -0.1) is 0 Å². The number of Topliss-reactive ketones (excluding diaryl/α,β-unsaturated/α-hetero) is 1. The quantitative estimate of drug-likeness (QED) is 0.538. The fourth-order valence-corrected chi connectivity index (χ4v) is 8.77. The summed E-state index contributed by atoms with van der Waals surface area (Å²) in [5.41, 5.74) is 0.665. The molecule has 0 amide bonds. The highest BCUT2D eigenvalue weighted by atomic mass is 16.5. The van der Waals surface area contributed by atoms with Gasteiger partial charge in [-0.05, 0) is 91.3 Å². The van der Waals surface area contributed by atoms with Crippen LogP contribution in [0.5, 0.6) is 0 Å². The van der Waals surface area contributed by atoms with Crippen LogP contribution in [0.3, 0.4) is 0 Å². The summed E-state index contributed by atoms with van der Waals surface area (Å²) in [6.07, 6.45) is 11.2. The van der Waals surface area contributed by atoms with Crippen molar-refractivity contribution in [3.63, 3.8) is 0 Å². The molecule has 4 fully saturated rings. The molecule has 164 valence electrons. The molecule has 7 unspecified atom stereocenters. The summed E-state index contributed by atoms with van der Waals surface area (Å²) in [7, 11) is 1.48. The van der Waals surface area contributed by atoms with Crippen molar-refractivity contribution in [2.75, 3.05) is 7.11 Å². The number of carbonyl (C=O) groups is 2. The lowest BCUT2D eigenvalue weighted by Crippen LogP contribution is -2.57. The van der Waals surface area contributed by atoms with Crippen LogP contribution >= 0.6 is 0 Å². The predicted molar refractivity (Wildman–Crippen MR) is 115 cm³/mol. The minimum absolute atomic E-state index is 0.0896.